The second kappa shape index (κ2) is 7.83. The zero-order valence-electron chi connectivity index (χ0n) is 14.7. The second-order valence-electron chi connectivity index (χ2n) is 6.41. The quantitative estimate of drug-likeness (QED) is 0.786. The molecule has 0 spiro atoms. The van der Waals surface area contributed by atoms with Gasteiger partial charge in [-0.05, 0) is 30.0 Å². The summed E-state index contributed by atoms with van der Waals surface area (Å²) in [6.45, 7) is 7.50. The third kappa shape index (κ3) is 3.80. The molecule has 2 aromatic rings. The monoisotopic (exact) mass is 330 g/mol. The number of piperazine rings is 1. The van der Waals surface area contributed by atoms with Gasteiger partial charge in [-0.15, -0.1) is 5.10 Å². The topological polar surface area (TPSA) is 59.3 Å². The minimum atomic E-state index is 0.0751. The molecule has 0 N–H and O–H groups in total. The van der Waals surface area contributed by atoms with Gasteiger partial charge in [0.25, 0.3) is 0 Å². The van der Waals surface area contributed by atoms with Crippen LogP contribution in [0.15, 0.2) is 24.3 Å². The van der Waals surface area contributed by atoms with E-state index in [0.29, 0.717) is 13.2 Å². The molecule has 130 valence electrons. The van der Waals surface area contributed by atoms with Crippen molar-refractivity contribution in [2.75, 3.05) is 46.9 Å². The Balaban J connectivity index is 1.92. The average Bonchev–Trinajstić information content (AvgIpc) is 3.05. The lowest BCUT2D eigenvalue weighted by molar-refractivity contribution is 0.119. The van der Waals surface area contributed by atoms with Crippen molar-refractivity contribution in [2.24, 2.45) is 0 Å². The highest BCUT2D eigenvalue weighted by molar-refractivity contribution is 5.28. The third-order valence-corrected chi connectivity index (χ3v) is 4.61. The number of hydrogen-bond donors (Lipinski definition) is 0. The maximum atomic E-state index is 5.19. The summed E-state index contributed by atoms with van der Waals surface area (Å²) in [5.74, 6) is 0.889. The van der Waals surface area contributed by atoms with Gasteiger partial charge in [0.15, 0.2) is 5.82 Å². The maximum Gasteiger partial charge on any atom is 0.173 e. The Morgan fingerprint density at radius 2 is 1.83 bits per heavy atom. The fourth-order valence-corrected chi connectivity index (χ4v) is 3.10. The zero-order valence-corrected chi connectivity index (χ0v) is 14.7. The summed E-state index contributed by atoms with van der Waals surface area (Å²) in [6, 6.07) is 8.76. The molecule has 0 saturated carbocycles. The van der Waals surface area contributed by atoms with Gasteiger partial charge >= 0.3 is 0 Å². The molecule has 7 heteroatoms. The molecule has 1 aromatic carbocycles. The summed E-state index contributed by atoms with van der Waals surface area (Å²) >= 11 is 0. The molecule has 0 unspecified atom stereocenters. The summed E-state index contributed by atoms with van der Waals surface area (Å²) in [6.07, 6.45) is 0. The first-order valence-corrected chi connectivity index (χ1v) is 8.43. The van der Waals surface area contributed by atoms with E-state index in [4.69, 9.17) is 4.74 Å². The van der Waals surface area contributed by atoms with Crippen molar-refractivity contribution in [3.05, 3.63) is 41.2 Å². The lowest BCUT2D eigenvalue weighted by Gasteiger charge is -2.37. The number of tetrazole rings is 1. The summed E-state index contributed by atoms with van der Waals surface area (Å²) < 4.78 is 7.06. The molecule has 0 aliphatic carbocycles. The van der Waals surface area contributed by atoms with Crippen LogP contribution in [0, 0.1) is 6.92 Å². The molecule has 1 saturated heterocycles. The van der Waals surface area contributed by atoms with Gasteiger partial charge < -0.3 is 9.64 Å². The van der Waals surface area contributed by atoms with Gasteiger partial charge in [0.1, 0.15) is 0 Å². The van der Waals surface area contributed by atoms with Crippen LogP contribution in [0.5, 0.6) is 0 Å². The SMILES string of the molecule is COCCn1nnnc1[C@@H](c1ccc(C)cc1)N1CCN(C)CC1. The number of rotatable bonds is 6. The van der Waals surface area contributed by atoms with Gasteiger partial charge in [-0.25, -0.2) is 4.68 Å². The highest BCUT2D eigenvalue weighted by atomic mass is 16.5. The highest BCUT2D eigenvalue weighted by Gasteiger charge is 2.29. The van der Waals surface area contributed by atoms with Crippen LogP contribution in [-0.2, 0) is 11.3 Å². The van der Waals surface area contributed by atoms with Crippen molar-refractivity contribution >= 4 is 0 Å². The van der Waals surface area contributed by atoms with Crippen molar-refractivity contribution in [3.8, 4) is 0 Å². The van der Waals surface area contributed by atoms with E-state index >= 15 is 0 Å². The van der Waals surface area contributed by atoms with Crippen molar-refractivity contribution in [1.29, 1.82) is 0 Å². The minimum Gasteiger partial charge on any atom is -0.383 e. The van der Waals surface area contributed by atoms with E-state index in [2.05, 4.69) is 63.6 Å². The molecule has 3 rings (SSSR count). The standard InChI is InChI=1S/C17H26N6O/c1-14-4-6-15(7-5-14)16(22-10-8-21(2)9-11-22)17-18-19-20-23(17)12-13-24-3/h4-7,16H,8-13H2,1-3H3/t16-/m1/s1. The van der Waals surface area contributed by atoms with Gasteiger partial charge in [0, 0.05) is 33.3 Å². The molecule has 24 heavy (non-hydrogen) atoms. The first-order chi connectivity index (χ1) is 11.7. The zero-order chi connectivity index (χ0) is 16.9. The predicted molar refractivity (Wildman–Crippen MR) is 91.8 cm³/mol. The van der Waals surface area contributed by atoms with E-state index in [1.807, 2.05) is 4.68 Å². The van der Waals surface area contributed by atoms with Crippen molar-refractivity contribution in [2.45, 2.75) is 19.5 Å². The molecule has 1 aliphatic rings. The molecule has 0 radical (unpaired) electrons. The molecule has 1 aliphatic heterocycles. The van der Waals surface area contributed by atoms with Crippen LogP contribution in [0.25, 0.3) is 0 Å². The van der Waals surface area contributed by atoms with Gasteiger partial charge in [-0.2, -0.15) is 0 Å². The highest BCUT2D eigenvalue weighted by Crippen LogP contribution is 2.28. The van der Waals surface area contributed by atoms with Crippen LogP contribution in [0.2, 0.25) is 0 Å². The largest absolute Gasteiger partial charge is 0.383 e. The maximum absolute atomic E-state index is 5.19. The van der Waals surface area contributed by atoms with Crippen LogP contribution in [0.1, 0.15) is 23.0 Å². The van der Waals surface area contributed by atoms with Crippen LogP contribution in [0.3, 0.4) is 0 Å². The summed E-state index contributed by atoms with van der Waals surface area (Å²) in [4.78, 5) is 4.83. The first kappa shape index (κ1) is 17.0. The summed E-state index contributed by atoms with van der Waals surface area (Å²) in [7, 11) is 3.86. The normalized spacial score (nSPS) is 18.0. The van der Waals surface area contributed by atoms with Gasteiger partial charge in [0.05, 0.1) is 19.2 Å². The Labute approximate surface area is 143 Å². The van der Waals surface area contributed by atoms with Gasteiger partial charge in [-0.3, -0.25) is 4.90 Å². The predicted octanol–water partition coefficient (Wildman–Crippen LogP) is 0.965. The smallest absolute Gasteiger partial charge is 0.173 e. The van der Waals surface area contributed by atoms with Crippen molar-refractivity contribution < 1.29 is 4.74 Å². The van der Waals surface area contributed by atoms with E-state index < -0.39 is 0 Å². The van der Waals surface area contributed by atoms with E-state index in [9.17, 15) is 0 Å². The summed E-state index contributed by atoms with van der Waals surface area (Å²) in [5.41, 5.74) is 2.49. The van der Waals surface area contributed by atoms with Gasteiger partial charge in [-0.1, -0.05) is 29.8 Å². The Kier molecular flexibility index (Phi) is 5.55. The molecular weight excluding hydrogens is 304 g/mol. The Morgan fingerprint density at radius 1 is 1.12 bits per heavy atom. The Bertz CT molecular complexity index is 633. The number of ether oxygens (including phenoxy) is 1. The van der Waals surface area contributed by atoms with Crippen LogP contribution in [-0.4, -0.2) is 77.0 Å². The second-order valence-corrected chi connectivity index (χ2v) is 6.41. The van der Waals surface area contributed by atoms with E-state index in [-0.39, 0.29) is 6.04 Å². The third-order valence-electron chi connectivity index (χ3n) is 4.61. The first-order valence-electron chi connectivity index (χ1n) is 8.43. The van der Waals surface area contributed by atoms with E-state index in [1.54, 1.807) is 7.11 Å². The molecule has 7 nitrogen and oxygen atoms in total. The van der Waals surface area contributed by atoms with E-state index in [0.717, 1.165) is 32.0 Å². The van der Waals surface area contributed by atoms with Crippen molar-refractivity contribution in [1.82, 2.24) is 30.0 Å². The van der Waals surface area contributed by atoms with Gasteiger partial charge in [0.2, 0.25) is 0 Å². The number of aryl methyl sites for hydroxylation is 1. The lowest BCUT2D eigenvalue weighted by atomic mass is 10.0. The molecule has 2 heterocycles. The molecule has 0 bridgehead atoms. The Hall–Kier alpha value is -1.83. The number of nitrogens with zero attached hydrogens (tertiary/aromatic N) is 6. The van der Waals surface area contributed by atoms with Crippen LogP contribution in [0.4, 0.5) is 0 Å². The number of benzene rings is 1. The summed E-state index contributed by atoms with van der Waals surface area (Å²) in [5, 5.41) is 12.4. The van der Waals surface area contributed by atoms with Crippen LogP contribution >= 0.6 is 0 Å². The molecule has 0 amide bonds. The molecule has 1 fully saturated rings. The average molecular weight is 330 g/mol. The van der Waals surface area contributed by atoms with Crippen LogP contribution < -0.4 is 0 Å². The number of aromatic nitrogens is 4. The Morgan fingerprint density at radius 3 is 2.50 bits per heavy atom. The molecular formula is C17H26N6O. The fourth-order valence-electron chi connectivity index (χ4n) is 3.10. The lowest BCUT2D eigenvalue weighted by Crippen LogP contribution is -2.46. The molecule has 1 atom stereocenters. The number of hydrogen-bond acceptors (Lipinski definition) is 6. The van der Waals surface area contributed by atoms with Crippen molar-refractivity contribution in [3.63, 3.8) is 0 Å². The number of methoxy groups -OCH3 is 1. The van der Waals surface area contributed by atoms with E-state index in [1.165, 1.54) is 11.1 Å². The number of likely N-dealkylation sites (N-methyl/N-ethyl adjacent to an activating group) is 1. The molecule has 1 aromatic heterocycles. The fraction of sp³-hybridized carbons (Fsp3) is 0.588. The minimum absolute atomic E-state index is 0.0751.